The number of ether oxygens (including phenoxy) is 1. The van der Waals surface area contributed by atoms with E-state index in [0.717, 1.165) is 18.9 Å². The van der Waals surface area contributed by atoms with Crippen LogP contribution < -0.4 is 4.90 Å². The average molecular weight is 365 g/mol. The number of carbonyl (C=O) groups is 1. The van der Waals surface area contributed by atoms with E-state index in [4.69, 9.17) is 4.74 Å². The van der Waals surface area contributed by atoms with Crippen molar-refractivity contribution in [1.82, 2.24) is 4.90 Å². The van der Waals surface area contributed by atoms with Gasteiger partial charge in [-0.05, 0) is 39.7 Å². The molecule has 8 heteroatoms. The number of hydrogen-bond donors (Lipinski definition) is 0. The molecule has 3 rings (SSSR count). The van der Waals surface area contributed by atoms with Crippen LogP contribution >= 0.6 is 0 Å². The molecule has 2 heterocycles. The summed E-state index contributed by atoms with van der Waals surface area (Å²) in [6.07, 6.45) is 1.38. The molecule has 2 saturated heterocycles. The minimum Gasteiger partial charge on any atom is -0.444 e. The maximum atomic E-state index is 14.3. The number of benzene rings is 1. The third kappa shape index (κ3) is 3.73. The first kappa shape index (κ1) is 18.4. The van der Waals surface area contributed by atoms with Crippen molar-refractivity contribution in [2.24, 2.45) is 5.41 Å². The second-order valence-corrected chi connectivity index (χ2v) is 8.22. The summed E-state index contributed by atoms with van der Waals surface area (Å²) < 4.78 is 19.7. The van der Waals surface area contributed by atoms with E-state index in [9.17, 15) is 19.3 Å². The van der Waals surface area contributed by atoms with Crippen molar-refractivity contribution in [3.05, 3.63) is 34.1 Å². The number of nitro groups is 1. The van der Waals surface area contributed by atoms with E-state index in [-0.39, 0.29) is 17.2 Å². The predicted octanol–water partition coefficient (Wildman–Crippen LogP) is 3.57. The lowest BCUT2D eigenvalue weighted by Gasteiger charge is -2.27. The van der Waals surface area contributed by atoms with Gasteiger partial charge >= 0.3 is 6.09 Å². The van der Waals surface area contributed by atoms with Crippen molar-refractivity contribution in [2.75, 3.05) is 31.1 Å². The SMILES string of the molecule is CC(C)(C)OC(=O)N1CCC2(CCN(c3ccc([N+](=O)[O-])cc3F)C2)C1. The highest BCUT2D eigenvalue weighted by Crippen LogP contribution is 2.42. The minimum absolute atomic E-state index is 0.0783. The zero-order valence-corrected chi connectivity index (χ0v) is 15.3. The molecule has 0 N–H and O–H groups in total. The highest BCUT2D eigenvalue weighted by Gasteiger charge is 2.46. The fourth-order valence-electron chi connectivity index (χ4n) is 3.76. The summed E-state index contributed by atoms with van der Waals surface area (Å²) in [6, 6.07) is 3.75. The Balaban J connectivity index is 1.67. The summed E-state index contributed by atoms with van der Waals surface area (Å²) in [7, 11) is 0. The normalized spacial score (nSPS) is 22.9. The van der Waals surface area contributed by atoms with Crippen molar-refractivity contribution < 1.29 is 18.8 Å². The topological polar surface area (TPSA) is 75.9 Å². The second kappa shape index (κ2) is 6.41. The Labute approximate surface area is 151 Å². The molecule has 142 valence electrons. The lowest BCUT2D eigenvalue weighted by Crippen LogP contribution is -2.37. The second-order valence-electron chi connectivity index (χ2n) is 8.22. The summed E-state index contributed by atoms with van der Waals surface area (Å²) in [4.78, 5) is 26.1. The smallest absolute Gasteiger partial charge is 0.410 e. The first-order chi connectivity index (χ1) is 12.1. The highest BCUT2D eigenvalue weighted by molar-refractivity contribution is 5.68. The molecule has 1 unspecified atom stereocenters. The van der Waals surface area contributed by atoms with Gasteiger partial charge in [0.15, 0.2) is 5.82 Å². The van der Waals surface area contributed by atoms with Gasteiger partial charge in [0.05, 0.1) is 16.7 Å². The first-order valence-corrected chi connectivity index (χ1v) is 8.75. The van der Waals surface area contributed by atoms with Crippen LogP contribution in [0.2, 0.25) is 0 Å². The molecule has 0 bridgehead atoms. The molecule has 0 aliphatic carbocycles. The highest BCUT2D eigenvalue weighted by atomic mass is 19.1. The van der Waals surface area contributed by atoms with E-state index >= 15 is 0 Å². The number of likely N-dealkylation sites (tertiary alicyclic amines) is 1. The van der Waals surface area contributed by atoms with Crippen LogP contribution in [0, 0.1) is 21.3 Å². The van der Waals surface area contributed by atoms with E-state index in [1.807, 2.05) is 25.7 Å². The summed E-state index contributed by atoms with van der Waals surface area (Å²) in [6.45, 7) is 8.03. The molecule has 1 spiro atoms. The molecule has 0 radical (unpaired) electrons. The molecule has 2 aliphatic rings. The van der Waals surface area contributed by atoms with Gasteiger partial charge in [-0.15, -0.1) is 0 Å². The van der Waals surface area contributed by atoms with Crippen molar-refractivity contribution in [2.45, 2.75) is 39.2 Å². The Kier molecular flexibility index (Phi) is 4.54. The van der Waals surface area contributed by atoms with E-state index in [0.29, 0.717) is 31.9 Å². The number of amides is 1. The molecule has 7 nitrogen and oxygen atoms in total. The molecule has 26 heavy (non-hydrogen) atoms. The van der Waals surface area contributed by atoms with Gasteiger partial charge in [0.2, 0.25) is 0 Å². The van der Waals surface area contributed by atoms with Crippen LogP contribution in [0.3, 0.4) is 0 Å². The summed E-state index contributed by atoms with van der Waals surface area (Å²) in [5.74, 6) is -0.585. The molecular formula is C18H24FN3O4. The summed E-state index contributed by atoms with van der Waals surface area (Å²) in [5.41, 5.74) is -0.484. The summed E-state index contributed by atoms with van der Waals surface area (Å²) >= 11 is 0. The monoisotopic (exact) mass is 365 g/mol. The van der Waals surface area contributed by atoms with Gasteiger partial charge in [-0.3, -0.25) is 10.1 Å². The quantitative estimate of drug-likeness (QED) is 0.591. The number of halogens is 1. The summed E-state index contributed by atoms with van der Waals surface area (Å²) in [5, 5.41) is 10.8. The average Bonchev–Trinajstić information content (AvgIpc) is 3.13. The maximum Gasteiger partial charge on any atom is 0.410 e. The number of nitrogens with zero attached hydrogens (tertiary/aromatic N) is 3. The Morgan fingerprint density at radius 2 is 1.96 bits per heavy atom. The Morgan fingerprint density at radius 3 is 2.58 bits per heavy atom. The fraction of sp³-hybridized carbons (Fsp3) is 0.611. The van der Waals surface area contributed by atoms with Gasteiger partial charge in [-0.2, -0.15) is 0 Å². The molecule has 0 aromatic heterocycles. The van der Waals surface area contributed by atoms with Crippen molar-refractivity contribution in [3.8, 4) is 0 Å². The van der Waals surface area contributed by atoms with Crippen LogP contribution in [0.25, 0.3) is 0 Å². The first-order valence-electron chi connectivity index (χ1n) is 8.75. The van der Waals surface area contributed by atoms with Crippen molar-refractivity contribution >= 4 is 17.5 Å². The molecule has 1 aromatic rings. The van der Waals surface area contributed by atoms with Crippen molar-refractivity contribution in [3.63, 3.8) is 0 Å². The number of anilines is 1. The van der Waals surface area contributed by atoms with E-state index in [1.165, 1.54) is 12.1 Å². The third-order valence-electron chi connectivity index (χ3n) is 5.01. The molecule has 2 aliphatic heterocycles. The zero-order chi connectivity index (χ0) is 19.1. The molecule has 0 saturated carbocycles. The molecule has 1 aromatic carbocycles. The maximum absolute atomic E-state index is 14.3. The van der Waals surface area contributed by atoms with Crippen LogP contribution in [0.4, 0.5) is 20.6 Å². The molecule has 1 amide bonds. The van der Waals surface area contributed by atoms with E-state index in [1.54, 1.807) is 4.90 Å². The largest absolute Gasteiger partial charge is 0.444 e. The van der Waals surface area contributed by atoms with Gasteiger partial charge in [-0.1, -0.05) is 0 Å². The van der Waals surface area contributed by atoms with Crippen molar-refractivity contribution in [1.29, 1.82) is 0 Å². The minimum atomic E-state index is -0.603. The number of carbonyl (C=O) groups excluding carboxylic acids is 1. The van der Waals surface area contributed by atoms with E-state index < -0.39 is 16.3 Å². The standard InChI is InChI=1S/C18H24FN3O4/c1-17(2,3)26-16(23)21-9-7-18(12-21)6-8-20(11-18)15-5-4-13(22(24)25)10-14(15)19/h4-5,10H,6-9,11-12H2,1-3H3. The lowest BCUT2D eigenvalue weighted by atomic mass is 9.86. The molecular weight excluding hydrogens is 341 g/mol. The van der Waals surface area contributed by atoms with Gasteiger partial charge < -0.3 is 14.5 Å². The number of rotatable bonds is 2. The Hall–Kier alpha value is -2.38. The van der Waals surface area contributed by atoms with Gasteiger partial charge in [0, 0.05) is 37.7 Å². The van der Waals surface area contributed by atoms with Gasteiger partial charge in [-0.25, -0.2) is 9.18 Å². The van der Waals surface area contributed by atoms with Crippen LogP contribution in [0.1, 0.15) is 33.6 Å². The lowest BCUT2D eigenvalue weighted by molar-refractivity contribution is -0.385. The van der Waals surface area contributed by atoms with E-state index in [2.05, 4.69) is 0 Å². The van der Waals surface area contributed by atoms with Crippen LogP contribution in [0.15, 0.2) is 18.2 Å². The Bertz CT molecular complexity index is 734. The van der Waals surface area contributed by atoms with Gasteiger partial charge in [0.25, 0.3) is 5.69 Å². The number of hydrogen-bond acceptors (Lipinski definition) is 5. The predicted molar refractivity (Wildman–Crippen MR) is 94.7 cm³/mol. The Morgan fingerprint density at radius 1 is 1.27 bits per heavy atom. The van der Waals surface area contributed by atoms with Gasteiger partial charge in [0.1, 0.15) is 5.60 Å². The zero-order valence-electron chi connectivity index (χ0n) is 15.3. The van der Waals surface area contributed by atoms with Crippen LogP contribution in [-0.2, 0) is 4.74 Å². The molecule has 1 atom stereocenters. The third-order valence-corrected chi connectivity index (χ3v) is 5.01. The van der Waals surface area contributed by atoms with Crippen LogP contribution in [-0.4, -0.2) is 47.7 Å². The molecule has 2 fully saturated rings. The number of nitro benzene ring substituents is 1. The number of non-ortho nitro benzene ring substituents is 1. The van der Waals surface area contributed by atoms with Crippen LogP contribution in [0.5, 0.6) is 0 Å². The fourth-order valence-corrected chi connectivity index (χ4v) is 3.76.